The van der Waals surface area contributed by atoms with Crippen molar-refractivity contribution < 1.29 is 13.6 Å². The van der Waals surface area contributed by atoms with E-state index in [2.05, 4.69) is 22.9 Å². The van der Waals surface area contributed by atoms with Crippen LogP contribution in [0.25, 0.3) is 5.57 Å². The summed E-state index contributed by atoms with van der Waals surface area (Å²) in [5.41, 5.74) is 2.46. The van der Waals surface area contributed by atoms with Crippen molar-refractivity contribution in [3.8, 4) is 0 Å². The highest BCUT2D eigenvalue weighted by Gasteiger charge is 2.39. The van der Waals surface area contributed by atoms with Crippen LogP contribution in [0.5, 0.6) is 0 Å². The van der Waals surface area contributed by atoms with Crippen LogP contribution >= 0.6 is 7.60 Å². The Morgan fingerprint density at radius 2 is 1.86 bits per heavy atom. The second-order valence-electron chi connectivity index (χ2n) is 6.05. The Morgan fingerprint density at radius 3 is 2.50 bits per heavy atom. The summed E-state index contributed by atoms with van der Waals surface area (Å²) in [6, 6.07) is 4.21. The second kappa shape index (κ2) is 6.74. The van der Waals surface area contributed by atoms with Gasteiger partial charge in [0.05, 0.1) is 25.1 Å². The Balaban J connectivity index is 2.04. The fourth-order valence-electron chi connectivity index (χ4n) is 3.79. The summed E-state index contributed by atoms with van der Waals surface area (Å²) in [5.74, 6) is 0.495. The van der Waals surface area contributed by atoms with Gasteiger partial charge in [-0.25, -0.2) is 0 Å². The van der Waals surface area contributed by atoms with Crippen molar-refractivity contribution in [2.24, 2.45) is 5.92 Å². The van der Waals surface area contributed by atoms with Crippen LogP contribution in [0.4, 0.5) is 0 Å². The normalized spacial score (nSPS) is 19.7. The van der Waals surface area contributed by atoms with Crippen molar-refractivity contribution in [3.05, 3.63) is 29.3 Å². The number of nitrogens with zero attached hydrogens (tertiary/aromatic N) is 1. The minimum Gasteiger partial charge on any atom is -0.343 e. The number of hydrogen-bond acceptors (Lipinski definition) is 3. The zero-order chi connectivity index (χ0) is 15.6. The highest BCUT2D eigenvalue weighted by molar-refractivity contribution is 7.58. The lowest BCUT2D eigenvalue weighted by atomic mass is 9.83. The van der Waals surface area contributed by atoms with Gasteiger partial charge in [0.1, 0.15) is 0 Å². The first kappa shape index (κ1) is 16.0. The number of rotatable bonds is 6. The van der Waals surface area contributed by atoms with E-state index in [0.717, 1.165) is 5.31 Å². The summed E-state index contributed by atoms with van der Waals surface area (Å²) in [6.07, 6.45) is 8.26. The average molecular weight is 323 g/mol. The van der Waals surface area contributed by atoms with Crippen molar-refractivity contribution in [1.82, 2.24) is 4.57 Å². The van der Waals surface area contributed by atoms with Crippen molar-refractivity contribution in [1.29, 1.82) is 0 Å². The number of allylic oxidation sites excluding steroid dienone is 2. The van der Waals surface area contributed by atoms with Gasteiger partial charge in [-0.15, -0.1) is 0 Å². The Hall–Kier alpha value is -0.830. The molecule has 1 aromatic rings. The third-order valence-corrected chi connectivity index (χ3v) is 6.92. The summed E-state index contributed by atoms with van der Waals surface area (Å²) < 4.78 is 26.8. The Morgan fingerprint density at radius 1 is 1.18 bits per heavy atom. The van der Waals surface area contributed by atoms with E-state index < -0.39 is 7.60 Å². The van der Waals surface area contributed by atoms with Gasteiger partial charge in [-0.3, -0.25) is 4.57 Å². The van der Waals surface area contributed by atoms with Crippen LogP contribution in [0.15, 0.2) is 23.6 Å². The Bertz CT molecular complexity index is 589. The predicted octanol–water partition coefficient (Wildman–Crippen LogP) is 5.06. The van der Waals surface area contributed by atoms with Crippen molar-refractivity contribution in [3.63, 3.8) is 0 Å². The molecule has 1 aliphatic carbocycles. The lowest BCUT2D eigenvalue weighted by molar-refractivity contribution is 0.225. The molecule has 4 nitrogen and oxygen atoms in total. The van der Waals surface area contributed by atoms with Crippen molar-refractivity contribution >= 4 is 13.2 Å². The molecule has 1 saturated carbocycles. The molecule has 0 unspecified atom stereocenters. The molecule has 1 aliphatic heterocycles. The number of aromatic nitrogens is 1. The van der Waals surface area contributed by atoms with E-state index in [1.54, 1.807) is 0 Å². The molecule has 5 heteroatoms. The van der Waals surface area contributed by atoms with E-state index in [-0.39, 0.29) is 0 Å². The fraction of sp³-hybridized carbons (Fsp3) is 0.647. The average Bonchev–Trinajstić information content (AvgIpc) is 3.09. The highest BCUT2D eigenvalue weighted by atomic mass is 31.2. The van der Waals surface area contributed by atoms with Crippen LogP contribution in [-0.2, 0) is 20.2 Å². The monoisotopic (exact) mass is 323 g/mol. The third-order valence-electron chi connectivity index (χ3n) is 4.68. The van der Waals surface area contributed by atoms with E-state index >= 15 is 0 Å². The van der Waals surface area contributed by atoms with E-state index in [0.29, 0.717) is 25.7 Å². The van der Waals surface area contributed by atoms with Gasteiger partial charge in [-0.05, 0) is 50.3 Å². The standard InChI is InChI=1S/C17H26NO3P/c1-3-20-22(19,21-4-2)16-13-18-12-8-11-15(18)17(16)14-9-6-5-7-10-14/h8,11-12,14H,3-7,9-10,13H2,1-2H3. The first-order valence-electron chi connectivity index (χ1n) is 8.47. The largest absolute Gasteiger partial charge is 0.359 e. The summed E-state index contributed by atoms with van der Waals surface area (Å²) >= 11 is 0. The topological polar surface area (TPSA) is 40.5 Å². The second-order valence-corrected chi connectivity index (χ2v) is 8.10. The van der Waals surface area contributed by atoms with Gasteiger partial charge in [0.15, 0.2) is 0 Å². The molecule has 1 fully saturated rings. The quantitative estimate of drug-likeness (QED) is 0.687. The molecule has 0 saturated heterocycles. The molecule has 0 aromatic carbocycles. The predicted molar refractivity (Wildman–Crippen MR) is 88.8 cm³/mol. The summed E-state index contributed by atoms with van der Waals surface area (Å²) in [4.78, 5) is 0. The molecule has 0 spiro atoms. The summed E-state index contributed by atoms with van der Waals surface area (Å²) in [7, 11) is -3.18. The van der Waals surface area contributed by atoms with E-state index in [1.165, 1.54) is 43.4 Å². The molecule has 0 atom stereocenters. The van der Waals surface area contributed by atoms with Gasteiger partial charge >= 0.3 is 7.60 Å². The molecular weight excluding hydrogens is 297 g/mol. The van der Waals surface area contributed by atoms with Crippen LogP contribution in [0.1, 0.15) is 51.6 Å². The summed E-state index contributed by atoms with van der Waals surface area (Å²) in [6.45, 7) is 5.22. The van der Waals surface area contributed by atoms with Gasteiger partial charge in [0, 0.05) is 11.9 Å². The van der Waals surface area contributed by atoms with Gasteiger partial charge in [0.2, 0.25) is 0 Å². The van der Waals surface area contributed by atoms with Crippen molar-refractivity contribution in [2.45, 2.75) is 52.5 Å². The van der Waals surface area contributed by atoms with Crippen LogP contribution < -0.4 is 0 Å². The smallest absolute Gasteiger partial charge is 0.343 e. The lowest BCUT2D eigenvalue weighted by Gasteiger charge is -2.26. The molecule has 0 bridgehead atoms. The molecule has 0 radical (unpaired) electrons. The minimum absolute atomic E-state index is 0.410. The number of hydrogen-bond donors (Lipinski definition) is 0. The lowest BCUT2D eigenvalue weighted by Crippen LogP contribution is -2.10. The highest BCUT2D eigenvalue weighted by Crippen LogP contribution is 2.62. The van der Waals surface area contributed by atoms with E-state index in [4.69, 9.17) is 9.05 Å². The van der Waals surface area contributed by atoms with E-state index in [9.17, 15) is 4.57 Å². The molecule has 0 amide bonds. The van der Waals surface area contributed by atoms with E-state index in [1.807, 2.05) is 13.8 Å². The molecule has 0 N–H and O–H groups in total. The molecular formula is C17H26NO3P. The molecule has 3 rings (SSSR count). The van der Waals surface area contributed by atoms with Crippen LogP contribution in [0.3, 0.4) is 0 Å². The van der Waals surface area contributed by atoms with Crippen LogP contribution in [0, 0.1) is 5.92 Å². The molecule has 22 heavy (non-hydrogen) atoms. The zero-order valence-corrected chi connectivity index (χ0v) is 14.5. The van der Waals surface area contributed by atoms with Crippen LogP contribution in [-0.4, -0.2) is 17.8 Å². The Kier molecular flexibility index (Phi) is 4.91. The fourth-order valence-corrected chi connectivity index (χ4v) is 5.78. The minimum atomic E-state index is -3.18. The maximum atomic E-state index is 13.3. The SMILES string of the molecule is CCOP(=O)(OCC)C1=C(C2CCCCC2)c2cccn2C1. The maximum absolute atomic E-state index is 13.3. The molecule has 122 valence electrons. The molecule has 2 aliphatic rings. The van der Waals surface area contributed by atoms with Gasteiger partial charge in [-0.2, -0.15) is 0 Å². The first-order valence-corrected chi connectivity index (χ1v) is 10.0. The van der Waals surface area contributed by atoms with Gasteiger partial charge in [0.25, 0.3) is 0 Å². The number of fused-ring (bicyclic) bond motifs is 1. The third kappa shape index (κ3) is 2.84. The summed E-state index contributed by atoms with van der Waals surface area (Å²) in [5, 5.41) is 0.902. The Labute approximate surface area is 133 Å². The van der Waals surface area contributed by atoms with Gasteiger partial charge in [-0.1, -0.05) is 19.3 Å². The van der Waals surface area contributed by atoms with Crippen molar-refractivity contribution in [2.75, 3.05) is 13.2 Å². The molecule has 1 aromatic heterocycles. The first-order chi connectivity index (χ1) is 10.7. The van der Waals surface area contributed by atoms with Crippen LogP contribution in [0.2, 0.25) is 0 Å². The maximum Gasteiger partial charge on any atom is 0.359 e. The molecule has 2 heterocycles. The van der Waals surface area contributed by atoms with Gasteiger partial charge < -0.3 is 13.6 Å². The zero-order valence-electron chi connectivity index (χ0n) is 13.6.